The maximum absolute atomic E-state index is 6.03. The fourth-order valence-electron chi connectivity index (χ4n) is 1.84. The Bertz CT molecular complexity index is 555. The second kappa shape index (κ2) is 5.76. The van der Waals surface area contributed by atoms with Crippen molar-refractivity contribution in [1.82, 2.24) is 0 Å². The molecule has 0 radical (unpaired) electrons. The summed E-state index contributed by atoms with van der Waals surface area (Å²) in [5.74, 6) is 0. The first-order chi connectivity index (χ1) is 8.58. The molecule has 2 rings (SSSR count). The molecule has 0 bridgehead atoms. The molecule has 2 aromatic carbocycles. The monoisotopic (exact) mass is 368 g/mol. The molecular formula is C14H14Br2N2. The smallest absolute Gasteiger partial charge is 0.0601 e. The Labute approximate surface area is 124 Å². The highest BCUT2D eigenvalue weighted by atomic mass is 79.9. The molecule has 94 valence electrons. The van der Waals surface area contributed by atoms with E-state index in [0.717, 1.165) is 26.9 Å². The van der Waals surface area contributed by atoms with Gasteiger partial charge in [-0.25, -0.2) is 0 Å². The average Bonchev–Trinajstić information content (AvgIpc) is 2.32. The molecule has 0 aliphatic rings. The second-order valence-electron chi connectivity index (χ2n) is 4.15. The van der Waals surface area contributed by atoms with Gasteiger partial charge < -0.3 is 10.6 Å². The Kier molecular flexibility index (Phi) is 4.30. The second-order valence-corrected chi connectivity index (χ2v) is 5.92. The summed E-state index contributed by atoms with van der Waals surface area (Å²) in [5, 5.41) is 0. The Hall–Kier alpha value is -1.00. The summed E-state index contributed by atoms with van der Waals surface area (Å²) in [5.41, 5.74) is 9.08. The summed E-state index contributed by atoms with van der Waals surface area (Å²) < 4.78 is 2.12. The minimum Gasteiger partial charge on any atom is -0.397 e. The van der Waals surface area contributed by atoms with Crippen molar-refractivity contribution in [3.63, 3.8) is 0 Å². The molecule has 0 aromatic heterocycles. The highest BCUT2D eigenvalue weighted by Gasteiger charge is 2.08. The maximum Gasteiger partial charge on any atom is 0.0601 e. The molecule has 0 fully saturated rings. The van der Waals surface area contributed by atoms with Crippen LogP contribution in [-0.2, 0) is 6.54 Å². The third-order valence-electron chi connectivity index (χ3n) is 2.77. The van der Waals surface area contributed by atoms with Crippen LogP contribution in [0.15, 0.2) is 51.4 Å². The highest BCUT2D eigenvalue weighted by molar-refractivity contribution is 9.10. The molecule has 4 heteroatoms. The Morgan fingerprint density at radius 1 is 1.11 bits per heavy atom. The Balaban J connectivity index is 2.22. The van der Waals surface area contributed by atoms with Crippen LogP contribution in [0.2, 0.25) is 0 Å². The van der Waals surface area contributed by atoms with Crippen LogP contribution in [0.5, 0.6) is 0 Å². The molecule has 0 heterocycles. The van der Waals surface area contributed by atoms with Gasteiger partial charge in [-0.05, 0) is 29.8 Å². The van der Waals surface area contributed by atoms with Crippen molar-refractivity contribution in [2.24, 2.45) is 0 Å². The lowest BCUT2D eigenvalue weighted by Crippen LogP contribution is -2.18. The van der Waals surface area contributed by atoms with E-state index in [2.05, 4.69) is 42.8 Å². The molecule has 0 aliphatic heterocycles. The largest absolute Gasteiger partial charge is 0.397 e. The van der Waals surface area contributed by atoms with Gasteiger partial charge in [0.1, 0.15) is 0 Å². The van der Waals surface area contributed by atoms with E-state index in [1.54, 1.807) is 0 Å². The van der Waals surface area contributed by atoms with E-state index in [1.807, 2.05) is 43.4 Å². The summed E-state index contributed by atoms with van der Waals surface area (Å²) in [6.07, 6.45) is 0. The van der Waals surface area contributed by atoms with E-state index in [4.69, 9.17) is 5.73 Å². The molecule has 18 heavy (non-hydrogen) atoms. The van der Waals surface area contributed by atoms with E-state index in [1.165, 1.54) is 5.56 Å². The lowest BCUT2D eigenvalue weighted by molar-refractivity contribution is 0.920. The van der Waals surface area contributed by atoms with Crippen LogP contribution >= 0.6 is 31.9 Å². The van der Waals surface area contributed by atoms with Crippen LogP contribution in [0.25, 0.3) is 0 Å². The molecule has 0 spiro atoms. The molecule has 0 aliphatic carbocycles. The number of nitrogens with zero attached hydrogens (tertiary/aromatic N) is 1. The van der Waals surface area contributed by atoms with E-state index >= 15 is 0 Å². The minimum atomic E-state index is 0.777. The van der Waals surface area contributed by atoms with Crippen molar-refractivity contribution >= 4 is 43.2 Å². The van der Waals surface area contributed by atoms with E-state index in [-0.39, 0.29) is 0 Å². The molecule has 2 N–H and O–H groups in total. The van der Waals surface area contributed by atoms with Crippen molar-refractivity contribution in [3.05, 3.63) is 57.0 Å². The Morgan fingerprint density at radius 3 is 2.50 bits per heavy atom. The molecule has 2 nitrogen and oxygen atoms in total. The van der Waals surface area contributed by atoms with Crippen molar-refractivity contribution in [3.8, 4) is 0 Å². The molecule has 0 saturated heterocycles. The summed E-state index contributed by atoms with van der Waals surface area (Å²) in [7, 11) is 2.04. The van der Waals surface area contributed by atoms with Crippen molar-refractivity contribution in [2.75, 3.05) is 17.7 Å². The molecule has 2 aromatic rings. The first kappa shape index (κ1) is 13.4. The van der Waals surface area contributed by atoms with Gasteiger partial charge in [0.15, 0.2) is 0 Å². The van der Waals surface area contributed by atoms with Crippen molar-refractivity contribution in [1.29, 1.82) is 0 Å². The van der Waals surface area contributed by atoms with Crippen LogP contribution in [0.3, 0.4) is 0 Å². The number of hydrogen-bond donors (Lipinski definition) is 1. The van der Waals surface area contributed by atoms with Gasteiger partial charge in [0.2, 0.25) is 0 Å². The van der Waals surface area contributed by atoms with Crippen LogP contribution in [0.1, 0.15) is 5.56 Å². The van der Waals surface area contributed by atoms with Crippen molar-refractivity contribution in [2.45, 2.75) is 6.54 Å². The van der Waals surface area contributed by atoms with Crippen LogP contribution in [0.4, 0.5) is 11.4 Å². The fourth-order valence-corrected chi connectivity index (χ4v) is 2.63. The summed E-state index contributed by atoms with van der Waals surface area (Å²) in [4.78, 5) is 2.14. The van der Waals surface area contributed by atoms with E-state index in [9.17, 15) is 0 Å². The van der Waals surface area contributed by atoms with Crippen LogP contribution in [0, 0.1) is 0 Å². The molecule has 0 atom stereocenters. The van der Waals surface area contributed by atoms with Crippen LogP contribution < -0.4 is 10.6 Å². The number of rotatable bonds is 3. The number of benzene rings is 2. The number of anilines is 2. The lowest BCUT2D eigenvalue weighted by Gasteiger charge is -2.22. The SMILES string of the molecule is CN(Cc1ccccc1Br)c1ccc(Br)cc1N. The van der Waals surface area contributed by atoms with E-state index in [0.29, 0.717) is 0 Å². The van der Waals surface area contributed by atoms with Gasteiger partial charge in [-0.3, -0.25) is 0 Å². The van der Waals surface area contributed by atoms with Gasteiger partial charge in [-0.15, -0.1) is 0 Å². The Morgan fingerprint density at radius 2 is 1.83 bits per heavy atom. The third kappa shape index (κ3) is 3.06. The van der Waals surface area contributed by atoms with E-state index < -0.39 is 0 Å². The van der Waals surface area contributed by atoms with Gasteiger partial charge >= 0.3 is 0 Å². The third-order valence-corrected chi connectivity index (χ3v) is 4.03. The highest BCUT2D eigenvalue weighted by Crippen LogP contribution is 2.28. The zero-order valence-electron chi connectivity index (χ0n) is 10.0. The van der Waals surface area contributed by atoms with Crippen LogP contribution in [-0.4, -0.2) is 7.05 Å². The first-order valence-electron chi connectivity index (χ1n) is 5.57. The van der Waals surface area contributed by atoms with Gasteiger partial charge in [-0.2, -0.15) is 0 Å². The van der Waals surface area contributed by atoms with Gasteiger partial charge in [0.05, 0.1) is 11.4 Å². The molecule has 0 unspecified atom stereocenters. The standard InChI is InChI=1S/C14H14Br2N2/c1-18(9-10-4-2-3-5-12(10)16)14-7-6-11(15)8-13(14)17/h2-8H,9,17H2,1H3. The van der Waals surface area contributed by atoms with Crippen molar-refractivity contribution < 1.29 is 0 Å². The minimum absolute atomic E-state index is 0.777. The summed E-state index contributed by atoms with van der Waals surface area (Å²) in [6, 6.07) is 14.2. The first-order valence-corrected chi connectivity index (χ1v) is 7.16. The van der Waals surface area contributed by atoms with Gasteiger partial charge in [0, 0.05) is 22.5 Å². The summed E-state index contributed by atoms with van der Waals surface area (Å²) in [6.45, 7) is 0.813. The number of hydrogen-bond acceptors (Lipinski definition) is 2. The zero-order valence-corrected chi connectivity index (χ0v) is 13.2. The topological polar surface area (TPSA) is 29.3 Å². The molecular weight excluding hydrogens is 356 g/mol. The number of nitrogens with two attached hydrogens (primary N) is 1. The normalized spacial score (nSPS) is 10.4. The number of nitrogen functional groups attached to an aromatic ring is 1. The van der Waals surface area contributed by atoms with Gasteiger partial charge in [0.25, 0.3) is 0 Å². The van der Waals surface area contributed by atoms with Gasteiger partial charge in [-0.1, -0.05) is 50.1 Å². The quantitative estimate of drug-likeness (QED) is 0.811. The predicted molar refractivity (Wildman–Crippen MR) is 84.8 cm³/mol. The zero-order chi connectivity index (χ0) is 13.1. The molecule has 0 amide bonds. The fraction of sp³-hybridized carbons (Fsp3) is 0.143. The molecule has 0 saturated carbocycles. The lowest BCUT2D eigenvalue weighted by atomic mass is 10.2. The summed E-state index contributed by atoms with van der Waals surface area (Å²) >= 11 is 6.98. The maximum atomic E-state index is 6.03. The average molecular weight is 370 g/mol. The number of halogens is 2. The predicted octanol–water partition coefficient (Wildman–Crippen LogP) is 4.43.